The van der Waals surface area contributed by atoms with Gasteiger partial charge in [-0.3, -0.25) is 4.90 Å². The summed E-state index contributed by atoms with van der Waals surface area (Å²) < 4.78 is 2.47. The van der Waals surface area contributed by atoms with Crippen LogP contribution in [-0.2, 0) is 6.42 Å². The molecule has 2 heterocycles. The van der Waals surface area contributed by atoms with Gasteiger partial charge in [-0.05, 0) is 114 Å². The molecule has 0 amide bonds. The summed E-state index contributed by atoms with van der Waals surface area (Å²) >= 11 is 12.0. The molecular weight excluding hydrogens is 559 g/mol. The van der Waals surface area contributed by atoms with E-state index in [1.54, 1.807) is 0 Å². The van der Waals surface area contributed by atoms with Gasteiger partial charge < -0.3 is 15.2 Å². The lowest BCUT2D eigenvalue weighted by atomic mass is 9.74. The van der Waals surface area contributed by atoms with E-state index in [9.17, 15) is 0 Å². The molecular formula is C22H30BrIN4S. The molecule has 1 aliphatic carbocycles. The molecule has 1 aromatic heterocycles. The maximum Gasteiger partial charge on any atom is 0.169 e. The van der Waals surface area contributed by atoms with Crippen LogP contribution in [0.2, 0.25) is 0 Å². The van der Waals surface area contributed by atoms with E-state index in [1.807, 2.05) is 0 Å². The molecule has 2 N–H and O–H groups in total. The molecule has 1 unspecified atom stereocenters. The third-order valence-electron chi connectivity index (χ3n) is 6.57. The van der Waals surface area contributed by atoms with Gasteiger partial charge in [0.05, 0.1) is 4.60 Å². The van der Waals surface area contributed by atoms with Crippen molar-refractivity contribution in [2.24, 2.45) is 0 Å². The van der Waals surface area contributed by atoms with Crippen LogP contribution in [0.5, 0.6) is 0 Å². The molecule has 0 spiro atoms. The fourth-order valence-electron chi connectivity index (χ4n) is 5.30. The number of likely N-dealkylation sites (tertiary alicyclic amines) is 1. The molecule has 7 heteroatoms. The minimum atomic E-state index is 0.396. The molecule has 1 aromatic carbocycles. The second kappa shape index (κ2) is 9.01. The van der Waals surface area contributed by atoms with Gasteiger partial charge >= 0.3 is 0 Å². The topological polar surface area (TPSA) is 34.3 Å². The Kier molecular flexibility index (Phi) is 6.78. The van der Waals surface area contributed by atoms with Crippen molar-refractivity contribution in [1.29, 1.82) is 0 Å². The lowest BCUT2D eigenvalue weighted by molar-refractivity contribution is 0.104. The zero-order valence-electron chi connectivity index (χ0n) is 17.4. The molecule has 1 saturated heterocycles. The molecule has 29 heavy (non-hydrogen) atoms. The van der Waals surface area contributed by atoms with E-state index < -0.39 is 0 Å². The fraction of sp³-hybridized carbons (Fsp3) is 0.591. The predicted octanol–water partition coefficient (Wildman–Crippen LogP) is 5.24. The molecule has 2 aromatic rings. The summed E-state index contributed by atoms with van der Waals surface area (Å²) in [7, 11) is 0. The molecule has 4 nitrogen and oxygen atoms in total. The largest absolute Gasteiger partial charge is 0.359 e. The third kappa shape index (κ3) is 4.08. The number of nitrogens with zero attached hydrogens (tertiary/aromatic N) is 2. The van der Waals surface area contributed by atoms with Crippen LogP contribution in [0.1, 0.15) is 50.7 Å². The van der Waals surface area contributed by atoms with E-state index in [4.69, 9.17) is 12.2 Å². The number of aromatic amines is 1. The van der Waals surface area contributed by atoms with Crippen molar-refractivity contribution < 1.29 is 0 Å². The first-order chi connectivity index (χ1) is 14.0. The first kappa shape index (κ1) is 21.8. The molecule has 0 radical (unpaired) electrons. The minimum absolute atomic E-state index is 0.396. The number of fused-ring (bicyclic) bond motifs is 2. The Hall–Kier alpha value is -0.380. The maximum atomic E-state index is 5.74. The monoisotopic (exact) mass is 588 g/mol. The molecule has 1 fully saturated rings. The molecule has 2 aliphatic rings. The molecule has 158 valence electrons. The highest BCUT2D eigenvalue weighted by atomic mass is 127. The van der Waals surface area contributed by atoms with E-state index in [2.05, 4.69) is 91.5 Å². The van der Waals surface area contributed by atoms with Gasteiger partial charge in [-0.2, -0.15) is 0 Å². The minimum Gasteiger partial charge on any atom is -0.359 e. The zero-order chi connectivity index (χ0) is 20.7. The normalized spacial score (nSPS) is 23.8. The SMILES string of the molecule is CCCN1C[C@@H](NC(=S)N(CC)CC)CC2c3cc(I)cc4[nH]c(Br)c(c34)C[C@H]21. The summed E-state index contributed by atoms with van der Waals surface area (Å²) in [4.78, 5) is 8.54. The average molecular weight is 589 g/mol. The number of halogens is 2. The van der Waals surface area contributed by atoms with Gasteiger partial charge in [0, 0.05) is 52.1 Å². The summed E-state index contributed by atoms with van der Waals surface area (Å²) in [6.45, 7) is 10.8. The Morgan fingerprint density at radius 3 is 2.79 bits per heavy atom. The number of nitrogens with one attached hydrogen (secondary N) is 2. The Bertz CT molecular complexity index is 910. The number of hydrogen-bond donors (Lipinski definition) is 2. The lowest BCUT2D eigenvalue weighted by Gasteiger charge is -2.48. The van der Waals surface area contributed by atoms with E-state index in [1.165, 1.54) is 32.0 Å². The van der Waals surface area contributed by atoms with Crippen LogP contribution in [0.4, 0.5) is 0 Å². The maximum absolute atomic E-state index is 5.74. The smallest absolute Gasteiger partial charge is 0.169 e. The van der Waals surface area contributed by atoms with Crippen molar-refractivity contribution in [3.8, 4) is 0 Å². The second-order valence-corrected chi connectivity index (χ2v) is 10.7. The molecule has 0 bridgehead atoms. The van der Waals surface area contributed by atoms with Gasteiger partial charge in [0.15, 0.2) is 5.11 Å². The Balaban J connectivity index is 1.69. The van der Waals surface area contributed by atoms with Crippen LogP contribution in [0.3, 0.4) is 0 Å². The van der Waals surface area contributed by atoms with Crippen molar-refractivity contribution >= 4 is 66.8 Å². The summed E-state index contributed by atoms with van der Waals surface area (Å²) in [5, 5.41) is 6.07. The number of thiocarbonyl (C=S) groups is 1. The van der Waals surface area contributed by atoms with Crippen LogP contribution >= 0.6 is 50.7 Å². The lowest BCUT2D eigenvalue weighted by Crippen LogP contribution is -2.57. The number of rotatable bonds is 5. The van der Waals surface area contributed by atoms with Gasteiger partial charge in [0.25, 0.3) is 0 Å². The fourth-order valence-corrected chi connectivity index (χ4v) is 6.95. The highest BCUT2D eigenvalue weighted by Gasteiger charge is 2.41. The summed E-state index contributed by atoms with van der Waals surface area (Å²) in [6.07, 6.45) is 3.44. The van der Waals surface area contributed by atoms with Gasteiger partial charge in [-0.15, -0.1) is 0 Å². The highest BCUT2D eigenvalue weighted by molar-refractivity contribution is 14.1. The summed E-state index contributed by atoms with van der Waals surface area (Å²) in [6, 6.07) is 5.65. The Morgan fingerprint density at radius 1 is 1.34 bits per heavy atom. The van der Waals surface area contributed by atoms with Gasteiger partial charge in [-0.1, -0.05) is 6.92 Å². The Morgan fingerprint density at radius 2 is 2.10 bits per heavy atom. The summed E-state index contributed by atoms with van der Waals surface area (Å²) in [5.74, 6) is 0.541. The van der Waals surface area contributed by atoms with Crippen LogP contribution < -0.4 is 5.32 Å². The molecule has 0 saturated carbocycles. The van der Waals surface area contributed by atoms with E-state index in [0.717, 1.165) is 48.7 Å². The first-order valence-corrected chi connectivity index (χ1v) is 13.0. The number of aromatic nitrogens is 1. The van der Waals surface area contributed by atoms with Crippen molar-refractivity contribution in [2.45, 2.75) is 58.0 Å². The first-order valence-electron chi connectivity index (χ1n) is 10.8. The van der Waals surface area contributed by atoms with Crippen LogP contribution in [0.25, 0.3) is 10.9 Å². The number of benzene rings is 1. The number of H-pyrrole nitrogens is 1. The average Bonchev–Trinajstić information content (AvgIpc) is 2.99. The van der Waals surface area contributed by atoms with Crippen molar-refractivity contribution in [3.63, 3.8) is 0 Å². The van der Waals surface area contributed by atoms with Crippen LogP contribution in [0.15, 0.2) is 16.7 Å². The predicted molar refractivity (Wildman–Crippen MR) is 138 cm³/mol. The van der Waals surface area contributed by atoms with Crippen LogP contribution in [0, 0.1) is 3.57 Å². The van der Waals surface area contributed by atoms with E-state index in [0.29, 0.717) is 18.0 Å². The molecule has 1 aliphatic heterocycles. The molecule has 4 rings (SSSR count). The zero-order valence-corrected chi connectivity index (χ0v) is 22.0. The van der Waals surface area contributed by atoms with Crippen molar-refractivity contribution in [1.82, 2.24) is 20.1 Å². The van der Waals surface area contributed by atoms with Gasteiger partial charge in [0.1, 0.15) is 0 Å². The molecule has 3 atom stereocenters. The number of piperidine rings is 1. The van der Waals surface area contributed by atoms with Gasteiger partial charge in [-0.25, -0.2) is 0 Å². The van der Waals surface area contributed by atoms with Crippen molar-refractivity contribution in [3.05, 3.63) is 31.4 Å². The summed E-state index contributed by atoms with van der Waals surface area (Å²) in [5.41, 5.74) is 4.24. The third-order valence-corrected chi connectivity index (χ3v) is 8.25. The van der Waals surface area contributed by atoms with Crippen molar-refractivity contribution in [2.75, 3.05) is 26.2 Å². The van der Waals surface area contributed by atoms with Gasteiger partial charge in [0.2, 0.25) is 0 Å². The van der Waals surface area contributed by atoms with E-state index >= 15 is 0 Å². The highest BCUT2D eigenvalue weighted by Crippen LogP contribution is 2.46. The van der Waals surface area contributed by atoms with E-state index in [-0.39, 0.29) is 0 Å². The quantitative estimate of drug-likeness (QED) is 0.370. The number of hydrogen-bond acceptors (Lipinski definition) is 2. The Labute approximate surface area is 201 Å². The standard InChI is InChI=1S/C22H30BrIN4S/c1-4-7-28-12-14(25-22(29)27(5-2)6-3)10-15-16-8-13(24)9-18-20(16)17(11-19(15)28)21(23)26-18/h8-9,14-15,19,26H,4-7,10-12H2,1-3H3,(H,25,29)/t14-,15?,19+/m0/s1. The second-order valence-electron chi connectivity index (χ2n) is 8.26. The van der Waals surface area contributed by atoms with Crippen LogP contribution in [-0.4, -0.2) is 58.2 Å².